The van der Waals surface area contributed by atoms with E-state index in [4.69, 9.17) is 5.73 Å². The number of hydrogen-bond acceptors (Lipinski definition) is 3. The number of thioether (sulfide) groups is 1. The maximum atomic E-state index is 9.37. The van der Waals surface area contributed by atoms with Crippen LogP contribution in [-0.2, 0) is 5.54 Å². The van der Waals surface area contributed by atoms with E-state index in [1.807, 2.05) is 54.6 Å². The molecule has 96 valence electrons. The van der Waals surface area contributed by atoms with Crippen LogP contribution in [-0.4, -0.2) is 5.75 Å². The molecule has 0 aliphatic rings. The Bertz CT molecular complexity index is 577. The molecule has 19 heavy (non-hydrogen) atoms. The van der Waals surface area contributed by atoms with Crippen LogP contribution in [0.4, 0.5) is 0 Å². The lowest BCUT2D eigenvalue weighted by atomic mass is 9.95. The van der Waals surface area contributed by atoms with Gasteiger partial charge in [0.05, 0.1) is 6.07 Å². The number of nitrogens with zero attached hydrogens (tertiary/aromatic N) is 1. The van der Waals surface area contributed by atoms with Gasteiger partial charge in [0.15, 0.2) is 0 Å². The second kappa shape index (κ2) is 6.25. The van der Waals surface area contributed by atoms with Crippen molar-refractivity contribution in [2.75, 3.05) is 5.75 Å². The summed E-state index contributed by atoms with van der Waals surface area (Å²) in [6.45, 7) is 0. The lowest BCUT2D eigenvalue weighted by Gasteiger charge is -2.21. The predicted molar refractivity (Wildman–Crippen MR) is 82.8 cm³/mol. The fourth-order valence-electron chi connectivity index (χ4n) is 1.64. The molecule has 0 radical (unpaired) electrons. The number of nitriles is 1. The molecule has 0 aliphatic carbocycles. The fraction of sp³-hybridized carbons (Fsp3) is 0.133. The van der Waals surface area contributed by atoms with Crippen molar-refractivity contribution in [1.82, 2.24) is 0 Å². The van der Waals surface area contributed by atoms with Crippen molar-refractivity contribution in [3.05, 3.63) is 64.6 Å². The number of hydrogen-bond donors (Lipinski definition) is 1. The molecule has 2 rings (SSSR count). The van der Waals surface area contributed by atoms with Crippen LogP contribution in [0, 0.1) is 11.3 Å². The summed E-state index contributed by atoms with van der Waals surface area (Å²) in [5.41, 5.74) is 6.09. The summed E-state index contributed by atoms with van der Waals surface area (Å²) in [7, 11) is 0. The molecule has 0 saturated carbocycles. The van der Waals surface area contributed by atoms with E-state index < -0.39 is 5.54 Å². The van der Waals surface area contributed by atoms with E-state index in [9.17, 15) is 5.26 Å². The maximum absolute atomic E-state index is 9.37. The minimum absolute atomic E-state index is 0.523. The zero-order chi connectivity index (χ0) is 13.7. The lowest BCUT2D eigenvalue weighted by Crippen LogP contribution is -2.37. The maximum Gasteiger partial charge on any atom is 0.139 e. The average Bonchev–Trinajstić information content (AvgIpc) is 2.47. The summed E-state index contributed by atoms with van der Waals surface area (Å²) in [6.07, 6.45) is 0. The summed E-state index contributed by atoms with van der Waals surface area (Å²) < 4.78 is 1.04. The highest BCUT2D eigenvalue weighted by molar-refractivity contribution is 9.10. The van der Waals surface area contributed by atoms with Crippen LogP contribution in [0.3, 0.4) is 0 Å². The average molecular weight is 333 g/mol. The highest BCUT2D eigenvalue weighted by Gasteiger charge is 2.27. The molecular formula is C15H13BrN2S. The molecule has 0 spiro atoms. The van der Waals surface area contributed by atoms with Crippen molar-refractivity contribution in [3.8, 4) is 6.07 Å². The molecule has 2 aromatic carbocycles. The summed E-state index contributed by atoms with van der Waals surface area (Å²) in [5, 5.41) is 9.37. The van der Waals surface area contributed by atoms with E-state index in [0.717, 1.165) is 14.9 Å². The van der Waals surface area contributed by atoms with Crippen LogP contribution >= 0.6 is 27.7 Å². The Balaban J connectivity index is 2.12. The van der Waals surface area contributed by atoms with Gasteiger partial charge in [0.25, 0.3) is 0 Å². The number of benzene rings is 2. The summed E-state index contributed by atoms with van der Waals surface area (Å²) in [6, 6.07) is 19.7. The van der Waals surface area contributed by atoms with Crippen molar-refractivity contribution in [3.63, 3.8) is 0 Å². The van der Waals surface area contributed by atoms with Crippen LogP contribution in [0.2, 0.25) is 0 Å². The van der Waals surface area contributed by atoms with Gasteiger partial charge < -0.3 is 5.73 Å². The number of rotatable bonds is 4. The molecule has 0 fully saturated rings. The first kappa shape index (κ1) is 14.1. The first-order valence-corrected chi connectivity index (χ1v) is 7.56. The standard InChI is InChI=1S/C15H13BrN2S/c16-13-6-8-14(9-7-13)19-11-15(18,10-17)12-4-2-1-3-5-12/h1-9H,11,18H2. The van der Waals surface area contributed by atoms with Crippen LogP contribution in [0.1, 0.15) is 5.56 Å². The summed E-state index contributed by atoms with van der Waals surface area (Å²) in [5.74, 6) is 0.523. The van der Waals surface area contributed by atoms with Crippen LogP contribution in [0.25, 0.3) is 0 Å². The molecule has 0 amide bonds. The third-order valence-corrected chi connectivity index (χ3v) is 4.50. The van der Waals surface area contributed by atoms with E-state index in [1.165, 1.54) is 0 Å². The van der Waals surface area contributed by atoms with E-state index in [1.54, 1.807) is 11.8 Å². The predicted octanol–water partition coefficient (Wildman–Crippen LogP) is 3.92. The lowest BCUT2D eigenvalue weighted by molar-refractivity contribution is 0.659. The molecule has 1 atom stereocenters. The van der Waals surface area contributed by atoms with E-state index in [-0.39, 0.29) is 0 Å². The molecule has 4 heteroatoms. The number of halogens is 1. The molecule has 0 bridgehead atoms. The highest BCUT2D eigenvalue weighted by atomic mass is 79.9. The monoisotopic (exact) mass is 332 g/mol. The van der Waals surface area contributed by atoms with Crippen molar-refractivity contribution >= 4 is 27.7 Å². The van der Waals surface area contributed by atoms with Gasteiger partial charge in [-0.25, -0.2) is 0 Å². The fourth-order valence-corrected chi connectivity index (χ4v) is 2.86. The minimum atomic E-state index is -0.959. The van der Waals surface area contributed by atoms with E-state index in [2.05, 4.69) is 22.0 Å². The van der Waals surface area contributed by atoms with Crippen LogP contribution < -0.4 is 5.73 Å². The molecule has 0 saturated heterocycles. The van der Waals surface area contributed by atoms with E-state index >= 15 is 0 Å². The Kier molecular flexibility index (Phi) is 4.65. The molecule has 2 nitrogen and oxygen atoms in total. The molecule has 2 aromatic rings. The van der Waals surface area contributed by atoms with E-state index in [0.29, 0.717) is 5.75 Å². The third kappa shape index (κ3) is 3.60. The van der Waals surface area contributed by atoms with Crippen molar-refractivity contribution in [2.45, 2.75) is 10.4 Å². The minimum Gasteiger partial charge on any atom is -0.309 e. The first-order chi connectivity index (χ1) is 9.14. The number of nitrogens with two attached hydrogens (primary N) is 1. The van der Waals surface area contributed by atoms with Crippen molar-refractivity contribution < 1.29 is 0 Å². The van der Waals surface area contributed by atoms with Gasteiger partial charge in [-0.2, -0.15) is 5.26 Å². The van der Waals surface area contributed by atoms with Crippen molar-refractivity contribution in [1.29, 1.82) is 5.26 Å². The summed E-state index contributed by atoms with van der Waals surface area (Å²) >= 11 is 4.99. The van der Waals surface area contributed by atoms with Gasteiger partial charge in [-0.05, 0) is 29.8 Å². The highest BCUT2D eigenvalue weighted by Crippen LogP contribution is 2.28. The van der Waals surface area contributed by atoms with Gasteiger partial charge in [0, 0.05) is 15.1 Å². The Labute approximate surface area is 125 Å². The third-order valence-electron chi connectivity index (χ3n) is 2.77. The molecule has 0 heterocycles. The normalized spacial score (nSPS) is 13.5. The molecule has 1 unspecified atom stereocenters. The largest absolute Gasteiger partial charge is 0.309 e. The van der Waals surface area contributed by atoms with Gasteiger partial charge >= 0.3 is 0 Å². The topological polar surface area (TPSA) is 49.8 Å². The molecule has 0 aromatic heterocycles. The first-order valence-electron chi connectivity index (χ1n) is 5.78. The van der Waals surface area contributed by atoms with Gasteiger partial charge in [-0.3, -0.25) is 0 Å². The Hall–Kier alpha value is -1.28. The quantitative estimate of drug-likeness (QED) is 0.863. The second-order valence-corrected chi connectivity index (χ2v) is 6.16. The van der Waals surface area contributed by atoms with Gasteiger partial charge in [-0.1, -0.05) is 46.3 Å². The van der Waals surface area contributed by atoms with Gasteiger partial charge in [0.2, 0.25) is 0 Å². The Morgan fingerprint density at radius 3 is 2.32 bits per heavy atom. The molecule has 2 N–H and O–H groups in total. The zero-order valence-electron chi connectivity index (χ0n) is 10.2. The molecule has 0 aliphatic heterocycles. The Morgan fingerprint density at radius 2 is 1.74 bits per heavy atom. The van der Waals surface area contributed by atoms with Crippen LogP contribution in [0.15, 0.2) is 64.0 Å². The van der Waals surface area contributed by atoms with Crippen LogP contribution in [0.5, 0.6) is 0 Å². The molecular weight excluding hydrogens is 320 g/mol. The zero-order valence-corrected chi connectivity index (χ0v) is 12.6. The SMILES string of the molecule is N#CC(N)(CSc1ccc(Br)cc1)c1ccccc1. The Morgan fingerprint density at radius 1 is 1.11 bits per heavy atom. The van der Waals surface area contributed by atoms with Gasteiger partial charge in [0.1, 0.15) is 5.54 Å². The smallest absolute Gasteiger partial charge is 0.139 e. The summed E-state index contributed by atoms with van der Waals surface area (Å²) in [4.78, 5) is 1.10. The van der Waals surface area contributed by atoms with Crippen molar-refractivity contribution in [2.24, 2.45) is 5.73 Å². The second-order valence-electron chi connectivity index (χ2n) is 4.19. The van der Waals surface area contributed by atoms with Gasteiger partial charge in [-0.15, -0.1) is 11.8 Å².